The first-order chi connectivity index (χ1) is 11.7. The van der Waals surface area contributed by atoms with Crippen molar-refractivity contribution >= 4 is 11.6 Å². The molecule has 1 aromatic heterocycles. The summed E-state index contributed by atoms with van der Waals surface area (Å²) in [6.45, 7) is 0. The molecule has 0 atom stereocenters. The third kappa shape index (κ3) is 2.92. The molecule has 24 heavy (non-hydrogen) atoms. The molecule has 0 aliphatic heterocycles. The summed E-state index contributed by atoms with van der Waals surface area (Å²) in [5, 5.41) is 26.8. The standard InChI is InChI=1S/C19H13N5/c1-24-18(16-8-3-2-4-9-16)22-23-19(24)17(13-21)11-14-6-5-7-15(10-14)12-20/h2-11H,1H3. The summed E-state index contributed by atoms with van der Waals surface area (Å²) in [7, 11) is 1.83. The maximum Gasteiger partial charge on any atom is 0.174 e. The smallest absolute Gasteiger partial charge is 0.174 e. The van der Waals surface area contributed by atoms with Crippen LogP contribution in [0.4, 0.5) is 0 Å². The normalized spacial score (nSPS) is 10.9. The lowest BCUT2D eigenvalue weighted by molar-refractivity contribution is 0.901. The van der Waals surface area contributed by atoms with E-state index in [0.29, 0.717) is 22.8 Å². The summed E-state index contributed by atoms with van der Waals surface area (Å²) in [5.74, 6) is 1.18. The van der Waals surface area contributed by atoms with Gasteiger partial charge in [-0.25, -0.2) is 0 Å². The number of hydrogen-bond donors (Lipinski definition) is 0. The largest absolute Gasteiger partial charge is 0.310 e. The van der Waals surface area contributed by atoms with Gasteiger partial charge in [-0.15, -0.1) is 10.2 Å². The molecule has 0 spiro atoms. The first-order valence-electron chi connectivity index (χ1n) is 7.30. The van der Waals surface area contributed by atoms with Gasteiger partial charge in [0.1, 0.15) is 6.07 Å². The Labute approximate surface area is 139 Å². The molecule has 3 rings (SSSR count). The first kappa shape index (κ1) is 15.2. The van der Waals surface area contributed by atoms with Crippen molar-refractivity contribution in [3.63, 3.8) is 0 Å². The van der Waals surface area contributed by atoms with E-state index in [-0.39, 0.29) is 0 Å². The van der Waals surface area contributed by atoms with Crippen molar-refractivity contribution in [1.82, 2.24) is 14.8 Å². The minimum absolute atomic E-state index is 0.391. The number of benzene rings is 2. The van der Waals surface area contributed by atoms with E-state index in [4.69, 9.17) is 5.26 Å². The average Bonchev–Trinajstić information content (AvgIpc) is 3.02. The molecule has 3 aromatic rings. The number of rotatable bonds is 3. The van der Waals surface area contributed by atoms with Crippen LogP contribution in [-0.4, -0.2) is 14.8 Å². The van der Waals surface area contributed by atoms with E-state index in [1.165, 1.54) is 0 Å². The third-order valence-corrected chi connectivity index (χ3v) is 3.59. The van der Waals surface area contributed by atoms with Crippen LogP contribution in [0.3, 0.4) is 0 Å². The number of hydrogen-bond acceptors (Lipinski definition) is 4. The minimum atomic E-state index is 0.391. The molecule has 0 radical (unpaired) electrons. The van der Waals surface area contributed by atoms with Crippen LogP contribution < -0.4 is 0 Å². The van der Waals surface area contributed by atoms with E-state index in [1.807, 2.05) is 43.4 Å². The molecule has 5 nitrogen and oxygen atoms in total. The second-order valence-electron chi connectivity index (χ2n) is 5.18. The minimum Gasteiger partial charge on any atom is -0.310 e. The third-order valence-electron chi connectivity index (χ3n) is 3.59. The van der Waals surface area contributed by atoms with Crippen molar-refractivity contribution < 1.29 is 0 Å². The van der Waals surface area contributed by atoms with Gasteiger partial charge in [0.05, 0.1) is 17.2 Å². The van der Waals surface area contributed by atoms with E-state index < -0.39 is 0 Å². The van der Waals surface area contributed by atoms with Crippen LogP contribution in [0.25, 0.3) is 23.0 Å². The molecule has 0 N–H and O–H groups in total. The highest BCUT2D eigenvalue weighted by molar-refractivity contribution is 5.87. The number of nitrogens with zero attached hydrogens (tertiary/aromatic N) is 5. The van der Waals surface area contributed by atoms with E-state index in [2.05, 4.69) is 22.3 Å². The molecule has 0 amide bonds. The highest BCUT2D eigenvalue weighted by Crippen LogP contribution is 2.22. The second kappa shape index (κ2) is 6.60. The topological polar surface area (TPSA) is 78.3 Å². The van der Waals surface area contributed by atoms with Gasteiger partial charge in [-0.2, -0.15) is 10.5 Å². The number of nitriles is 2. The zero-order chi connectivity index (χ0) is 16.9. The second-order valence-corrected chi connectivity index (χ2v) is 5.18. The Morgan fingerprint density at radius 3 is 2.54 bits per heavy atom. The maximum absolute atomic E-state index is 9.51. The van der Waals surface area contributed by atoms with Crippen molar-refractivity contribution in [3.8, 4) is 23.5 Å². The van der Waals surface area contributed by atoms with Gasteiger partial charge < -0.3 is 4.57 Å². The SMILES string of the molecule is Cn1c(C(C#N)=Cc2cccc(C#N)c2)nnc1-c1ccccc1. The summed E-state index contributed by atoms with van der Waals surface area (Å²) in [6.07, 6.45) is 1.71. The zero-order valence-electron chi connectivity index (χ0n) is 13.0. The Morgan fingerprint density at radius 2 is 1.83 bits per heavy atom. The predicted octanol–water partition coefficient (Wildman–Crippen LogP) is 3.42. The van der Waals surface area contributed by atoms with Gasteiger partial charge in [0.25, 0.3) is 0 Å². The molecular weight excluding hydrogens is 298 g/mol. The van der Waals surface area contributed by atoms with Gasteiger partial charge in [-0.1, -0.05) is 42.5 Å². The lowest BCUT2D eigenvalue weighted by Gasteiger charge is -2.03. The van der Waals surface area contributed by atoms with E-state index in [9.17, 15) is 5.26 Å². The molecule has 0 aliphatic rings. The zero-order valence-corrected chi connectivity index (χ0v) is 13.0. The highest BCUT2D eigenvalue weighted by Gasteiger charge is 2.14. The van der Waals surface area contributed by atoms with Gasteiger partial charge in [0, 0.05) is 12.6 Å². The Balaban J connectivity index is 2.04. The monoisotopic (exact) mass is 311 g/mol. The molecule has 0 fully saturated rings. The molecule has 5 heteroatoms. The van der Waals surface area contributed by atoms with Crippen LogP contribution in [0.2, 0.25) is 0 Å². The molecule has 1 heterocycles. The lowest BCUT2D eigenvalue weighted by Crippen LogP contribution is -1.98. The van der Waals surface area contributed by atoms with E-state index in [0.717, 1.165) is 11.1 Å². The molecule has 0 bridgehead atoms. The summed E-state index contributed by atoms with van der Waals surface area (Å²) < 4.78 is 1.79. The molecule has 114 valence electrons. The van der Waals surface area contributed by atoms with Gasteiger partial charge >= 0.3 is 0 Å². The van der Waals surface area contributed by atoms with Crippen molar-refractivity contribution in [2.45, 2.75) is 0 Å². The molecule has 0 saturated heterocycles. The summed E-state index contributed by atoms with van der Waals surface area (Å²) in [6, 6.07) is 21.0. The summed E-state index contributed by atoms with van der Waals surface area (Å²) in [4.78, 5) is 0. The van der Waals surface area contributed by atoms with Gasteiger partial charge in [0.15, 0.2) is 11.6 Å². The molecule has 0 saturated carbocycles. The Bertz CT molecular complexity index is 985. The quantitative estimate of drug-likeness (QED) is 0.694. The molecule has 2 aromatic carbocycles. The van der Waals surface area contributed by atoms with Crippen molar-refractivity contribution in [1.29, 1.82) is 10.5 Å². The Morgan fingerprint density at radius 1 is 1.04 bits per heavy atom. The van der Waals surface area contributed by atoms with Crippen molar-refractivity contribution in [2.75, 3.05) is 0 Å². The fraction of sp³-hybridized carbons (Fsp3) is 0.0526. The van der Waals surface area contributed by atoms with Crippen LogP contribution in [-0.2, 0) is 7.05 Å². The predicted molar refractivity (Wildman–Crippen MR) is 91.1 cm³/mol. The number of aromatic nitrogens is 3. The van der Waals surface area contributed by atoms with Gasteiger partial charge in [-0.05, 0) is 23.8 Å². The average molecular weight is 311 g/mol. The van der Waals surface area contributed by atoms with Crippen LogP contribution >= 0.6 is 0 Å². The maximum atomic E-state index is 9.51. The fourth-order valence-corrected chi connectivity index (χ4v) is 2.41. The van der Waals surface area contributed by atoms with Crippen LogP contribution in [0.5, 0.6) is 0 Å². The summed E-state index contributed by atoms with van der Waals surface area (Å²) in [5.41, 5.74) is 2.64. The Kier molecular flexibility index (Phi) is 4.18. The van der Waals surface area contributed by atoms with Crippen molar-refractivity contribution in [3.05, 3.63) is 71.5 Å². The van der Waals surface area contributed by atoms with E-state index >= 15 is 0 Å². The first-order valence-corrected chi connectivity index (χ1v) is 7.30. The fourth-order valence-electron chi connectivity index (χ4n) is 2.41. The molecule has 0 aliphatic carbocycles. The van der Waals surface area contributed by atoms with Crippen LogP contribution in [0.1, 0.15) is 17.0 Å². The summed E-state index contributed by atoms with van der Waals surface area (Å²) >= 11 is 0. The van der Waals surface area contributed by atoms with Gasteiger partial charge in [-0.3, -0.25) is 0 Å². The highest BCUT2D eigenvalue weighted by atomic mass is 15.3. The molecular formula is C19H13N5. The van der Waals surface area contributed by atoms with E-state index in [1.54, 1.807) is 28.8 Å². The number of allylic oxidation sites excluding steroid dienone is 1. The van der Waals surface area contributed by atoms with Gasteiger partial charge in [0.2, 0.25) is 0 Å². The van der Waals surface area contributed by atoms with Crippen LogP contribution in [0, 0.1) is 22.7 Å². The van der Waals surface area contributed by atoms with Crippen molar-refractivity contribution in [2.24, 2.45) is 7.05 Å². The lowest BCUT2D eigenvalue weighted by atomic mass is 10.1. The molecule has 0 unspecified atom stereocenters. The van der Waals surface area contributed by atoms with Crippen LogP contribution in [0.15, 0.2) is 54.6 Å². The Hall–Kier alpha value is -3.70.